The zero-order valence-electron chi connectivity index (χ0n) is 14.8. The topological polar surface area (TPSA) is 33.7 Å². The molecule has 0 aromatic carbocycles. The monoisotopic (exact) mass is 300 g/mol. The maximum absolute atomic E-state index is 5.82. The molecule has 0 amide bonds. The summed E-state index contributed by atoms with van der Waals surface area (Å²) in [6, 6.07) is 0. The van der Waals surface area contributed by atoms with Gasteiger partial charge in [0, 0.05) is 32.8 Å². The van der Waals surface area contributed by atoms with Crippen LogP contribution in [0, 0.1) is 11.3 Å². The van der Waals surface area contributed by atoms with Crippen molar-refractivity contribution in [2.45, 2.75) is 47.1 Å². The molecule has 1 atom stereocenters. The van der Waals surface area contributed by atoms with E-state index in [-0.39, 0.29) is 0 Å². The molecule has 0 bridgehead atoms. The summed E-state index contributed by atoms with van der Waals surface area (Å²) in [5, 5.41) is 3.49. The Morgan fingerprint density at radius 2 is 2.05 bits per heavy atom. The van der Waals surface area contributed by atoms with Gasteiger partial charge >= 0.3 is 0 Å². The minimum absolute atomic E-state index is 0.326. The fourth-order valence-electron chi connectivity index (χ4n) is 2.31. The highest BCUT2D eigenvalue weighted by atomic mass is 16.5. The molecule has 21 heavy (non-hydrogen) atoms. The first kappa shape index (κ1) is 18.9. The van der Waals surface area contributed by atoms with E-state index in [0.29, 0.717) is 17.4 Å². The number of hydrogen-bond acceptors (Lipinski definition) is 4. The Kier molecular flexibility index (Phi) is 8.79. The molecule has 0 saturated carbocycles. The molecule has 1 aliphatic rings. The van der Waals surface area contributed by atoms with Crippen molar-refractivity contribution in [1.82, 2.24) is 10.2 Å². The summed E-state index contributed by atoms with van der Waals surface area (Å²) in [6.07, 6.45) is 1.45. The smallest absolute Gasteiger partial charge is 0.0826 e. The number of nitrogens with one attached hydrogen (secondary N) is 1. The third kappa shape index (κ3) is 10.2. The van der Waals surface area contributed by atoms with Crippen LogP contribution < -0.4 is 5.32 Å². The highest BCUT2D eigenvalue weighted by Gasteiger charge is 2.19. The first-order chi connectivity index (χ1) is 9.87. The molecule has 126 valence electrons. The van der Waals surface area contributed by atoms with Gasteiger partial charge < -0.3 is 14.8 Å². The molecule has 1 rings (SSSR count). The molecule has 1 N–H and O–H groups in total. The SMILES string of the molecule is CC(C)CNC[C@H]1CN(CCOCCC(C)(C)C)CCO1. The van der Waals surface area contributed by atoms with Crippen LogP contribution in [-0.2, 0) is 9.47 Å². The Hall–Kier alpha value is -0.160. The van der Waals surface area contributed by atoms with Gasteiger partial charge in [0.05, 0.1) is 19.3 Å². The molecule has 0 radical (unpaired) electrons. The average molecular weight is 300 g/mol. The third-order valence-electron chi connectivity index (χ3n) is 3.70. The zero-order chi connectivity index (χ0) is 15.7. The quantitative estimate of drug-likeness (QED) is 0.663. The predicted octanol–water partition coefficient (Wildman–Crippen LogP) is 2.39. The van der Waals surface area contributed by atoms with Gasteiger partial charge in [-0.25, -0.2) is 0 Å². The van der Waals surface area contributed by atoms with Crippen molar-refractivity contribution < 1.29 is 9.47 Å². The lowest BCUT2D eigenvalue weighted by molar-refractivity contribution is -0.0357. The molecular weight excluding hydrogens is 264 g/mol. The lowest BCUT2D eigenvalue weighted by Gasteiger charge is -2.33. The molecule has 1 saturated heterocycles. The van der Waals surface area contributed by atoms with Crippen molar-refractivity contribution in [2.24, 2.45) is 11.3 Å². The van der Waals surface area contributed by atoms with Crippen molar-refractivity contribution >= 4 is 0 Å². The van der Waals surface area contributed by atoms with Crippen molar-refractivity contribution in [3.8, 4) is 0 Å². The Morgan fingerprint density at radius 3 is 2.71 bits per heavy atom. The van der Waals surface area contributed by atoms with Gasteiger partial charge in [-0.3, -0.25) is 4.90 Å². The Bertz CT molecular complexity index is 264. The second kappa shape index (κ2) is 9.78. The number of hydrogen-bond donors (Lipinski definition) is 1. The lowest BCUT2D eigenvalue weighted by Crippen LogP contribution is -2.47. The predicted molar refractivity (Wildman–Crippen MR) is 88.8 cm³/mol. The fraction of sp³-hybridized carbons (Fsp3) is 1.00. The second-order valence-electron chi connectivity index (χ2n) is 7.77. The third-order valence-corrected chi connectivity index (χ3v) is 3.70. The number of nitrogens with zero attached hydrogens (tertiary/aromatic N) is 1. The van der Waals surface area contributed by atoms with Gasteiger partial charge in [0.15, 0.2) is 0 Å². The van der Waals surface area contributed by atoms with Crippen LogP contribution in [0.5, 0.6) is 0 Å². The van der Waals surface area contributed by atoms with Crippen molar-refractivity contribution in [3.63, 3.8) is 0 Å². The summed E-state index contributed by atoms with van der Waals surface area (Å²) in [6.45, 7) is 18.9. The molecule has 4 nitrogen and oxygen atoms in total. The van der Waals surface area contributed by atoms with Gasteiger partial charge in [0.1, 0.15) is 0 Å². The van der Waals surface area contributed by atoms with Crippen LogP contribution in [-0.4, -0.2) is 63.5 Å². The molecule has 0 aromatic heterocycles. The summed E-state index contributed by atoms with van der Waals surface area (Å²) >= 11 is 0. The standard InChI is InChI=1S/C17H36N2O2/c1-15(2)12-18-13-16-14-19(8-11-21-16)7-10-20-9-6-17(3,4)5/h15-16,18H,6-14H2,1-5H3/t16-/m0/s1. The molecule has 0 aromatic rings. The summed E-state index contributed by atoms with van der Waals surface area (Å²) in [5.41, 5.74) is 0.367. The highest BCUT2D eigenvalue weighted by Crippen LogP contribution is 2.17. The number of ether oxygens (including phenoxy) is 2. The molecule has 4 heteroatoms. The van der Waals surface area contributed by atoms with Crippen LogP contribution >= 0.6 is 0 Å². The molecule has 0 spiro atoms. The van der Waals surface area contributed by atoms with E-state index in [4.69, 9.17) is 9.47 Å². The Morgan fingerprint density at radius 1 is 1.29 bits per heavy atom. The van der Waals surface area contributed by atoms with E-state index in [2.05, 4.69) is 44.8 Å². The second-order valence-corrected chi connectivity index (χ2v) is 7.77. The van der Waals surface area contributed by atoms with E-state index in [9.17, 15) is 0 Å². The molecule has 1 heterocycles. The number of rotatable bonds is 9. The molecule has 1 aliphatic heterocycles. The van der Waals surface area contributed by atoms with Crippen LogP contribution in [0.2, 0.25) is 0 Å². The Balaban J connectivity index is 2.07. The van der Waals surface area contributed by atoms with Crippen molar-refractivity contribution in [3.05, 3.63) is 0 Å². The van der Waals surface area contributed by atoms with E-state index in [0.717, 1.165) is 59.0 Å². The van der Waals surface area contributed by atoms with Gasteiger partial charge in [-0.15, -0.1) is 0 Å². The highest BCUT2D eigenvalue weighted by molar-refractivity contribution is 4.73. The van der Waals surface area contributed by atoms with E-state index in [1.165, 1.54) is 0 Å². The summed E-state index contributed by atoms with van der Waals surface area (Å²) in [5.74, 6) is 0.695. The molecule has 1 fully saturated rings. The molecule has 0 unspecified atom stereocenters. The van der Waals surface area contributed by atoms with Crippen molar-refractivity contribution in [2.75, 3.05) is 52.5 Å². The lowest BCUT2D eigenvalue weighted by atomic mass is 9.93. The van der Waals surface area contributed by atoms with Crippen LogP contribution in [0.25, 0.3) is 0 Å². The van der Waals surface area contributed by atoms with Crippen LogP contribution in [0.1, 0.15) is 41.0 Å². The van der Waals surface area contributed by atoms with Gasteiger partial charge in [-0.1, -0.05) is 34.6 Å². The van der Waals surface area contributed by atoms with Crippen molar-refractivity contribution in [1.29, 1.82) is 0 Å². The van der Waals surface area contributed by atoms with E-state index >= 15 is 0 Å². The normalized spacial score (nSPS) is 21.1. The van der Waals surface area contributed by atoms with Crippen LogP contribution in [0.4, 0.5) is 0 Å². The molecule has 0 aliphatic carbocycles. The van der Waals surface area contributed by atoms with E-state index in [1.807, 2.05) is 0 Å². The maximum atomic E-state index is 5.82. The van der Waals surface area contributed by atoms with Gasteiger partial charge in [-0.2, -0.15) is 0 Å². The molecular formula is C17H36N2O2. The first-order valence-corrected chi connectivity index (χ1v) is 8.49. The van der Waals surface area contributed by atoms with E-state index in [1.54, 1.807) is 0 Å². The average Bonchev–Trinajstić information content (AvgIpc) is 2.37. The van der Waals surface area contributed by atoms with Gasteiger partial charge in [0.2, 0.25) is 0 Å². The Labute approximate surface area is 131 Å². The fourth-order valence-corrected chi connectivity index (χ4v) is 2.31. The van der Waals surface area contributed by atoms with E-state index < -0.39 is 0 Å². The van der Waals surface area contributed by atoms with Crippen LogP contribution in [0.3, 0.4) is 0 Å². The summed E-state index contributed by atoms with van der Waals surface area (Å²) < 4.78 is 11.6. The summed E-state index contributed by atoms with van der Waals surface area (Å²) in [4.78, 5) is 2.46. The largest absolute Gasteiger partial charge is 0.380 e. The summed E-state index contributed by atoms with van der Waals surface area (Å²) in [7, 11) is 0. The van der Waals surface area contributed by atoms with Gasteiger partial charge in [0.25, 0.3) is 0 Å². The maximum Gasteiger partial charge on any atom is 0.0826 e. The first-order valence-electron chi connectivity index (χ1n) is 8.49. The zero-order valence-corrected chi connectivity index (χ0v) is 14.8. The van der Waals surface area contributed by atoms with Gasteiger partial charge in [-0.05, 0) is 24.3 Å². The minimum atomic E-state index is 0.326. The van der Waals surface area contributed by atoms with Crippen LogP contribution in [0.15, 0.2) is 0 Å². The minimum Gasteiger partial charge on any atom is -0.380 e. The number of morpholine rings is 1.